The fourth-order valence-electron chi connectivity index (χ4n) is 1.69. The Morgan fingerprint density at radius 3 is 2.25 bits per heavy atom. The standard InChI is InChI=1S/C16H15NO3/c1-19-15(13-8-4-2-5-9-13)12-17-20-16(18)14-10-6-3-7-11-14/h2-12,15H,1H3. The molecule has 2 rings (SSSR count). The highest BCUT2D eigenvalue weighted by molar-refractivity contribution is 5.89. The van der Waals surface area contributed by atoms with Crippen LogP contribution in [0.25, 0.3) is 0 Å². The van der Waals surface area contributed by atoms with Crippen molar-refractivity contribution in [2.24, 2.45) is 5.16 Å². The largest absolute Gasteiger partial charge is 0.371 e. The number of oxime groups is 1. The summed E-state index contributed by atoms with van der Waals surface area (Å²) in [6.07, 6.45) is 1.11. The molecule has 4 nitrogen and oxygen atoms in total. The van der Waals surface area contributed by atoms with Crippen molar-refractivity contribution in [2.45, 2.75) is 6.10 Å². The molecule has 1 atom stereocenters. The minimum atomic E-state index is -0.496. The molecule has 2 aromatic rings. The third-order valence-corrected chi connectivity index (χ3v) is 2.72. The van der Waals surface area contributed by atoms with E-state index in [4.69, 9.17) is 9.57 Å². The number of ether oxygens (including phenoxy) is 1. The highest BCUT2D eigenvalue weighted by atomic mass is 16.7. The van der Waals surface area contributed by atoms with Gasteiger partial charge < -0.3 is 9.57 Å². The quantitative estimate of drug-likeness (QED) is 0.475. The van der Waals surface area contributed by atoms with Crippen LogP contribution in [0.4, 0.5) is 0 Å². The maximum atomic E-state index is 11.7. The average molecular weight is 269 g/mol. The number of carbonyl (C=O) groups is 1. The summed E-state index contributed by atoms with van der Waals surface area (Å²) >= 11 is 0. The topological polar surface area (TPSA) is 47.9 Å². The number of methoxy groups -OCH3 is 1. The van der Waals surface area contributed by atoms with E-state index in [1.807, 2.05) is 36.4 Å². The van der Waals surface area contributed by atoms with E-state index in [1.165, 1.54) is 6.21 Å². The molecule has 0 fully saturated rings. The molecule has 0 spiro atoms. The van der Waals surface area contributed by atoms with Crippen LogP contribution >= 0.6 is 0 Å². The Morgan fingerprint density at radius 1 is 1.05 bits per heavy atom. The zero-order valence-corrected chi connectivity index (χ0v) is 11.1. The normalized spacial score (nSPS) is 12.2. The van der Waals surface area contributed by atoms with Crippen LogP contribution in [0.1, 0.15) is 22.0 Å². The average Bonchev–Trinajstić information content (AvgIpc) is 2.53. The van der Waals surface area contributed by atoms with E-state index in [0.717, 1.165) is 5.56 Å². The van der Waals surface area contributed by atoms with Crippen LogP contribution in [0.5, 0.6) is 0 Å². The Morgan fingerprint density at radius 2 is 1.65 bits per heavy atom. The number of rotatable bonds is 5. The van der Waals surface area contributed by atoms with Crippen molar-refractivity contribution in [3.63, 3.8) is 0 Å². The minimum Gasteiger partial charge on any atom is -0.371 e. The predicted octanol–water partition coefficient (Wildman–Crippen LogP) is 3.22. The maximum Gasteiger partial charge on any atom is 0.365 e. The highest BCUT2D eigenvalue weighted by Gasteiger charge is 2.08. The van der Waals surface area contributed by atoms with Gasteiger partial charge in [0.1, 0.15) is 6.10 Å². The number of hydrogen-bond donors (Lipinski definition) is 0. The monoisotopic (exact) mass is 269 g/mol. The summed E-state index contributed by atoms with van der Waals surface area (Å²) in [5.41, 5.74) is 1.40. The van der Waals surface area contributed by atoms with Gasteiger partial charge in [0, 0.05) is 7.11 Å². The summed E-state index contributed by atoms with van der Waals surface area (Å²) in [6, 6.07) is 18.3. The SMILES string of the molecule is COC(C=NOC(=O)c1ccccc1)c1ccccc1. The molecule has 0 heterocycles. The van der Waals surface area contributed by atoms with Gasteiger partial charge in [0.15, 0.2) is 0 Å². The molecular weight excluding hydrogens is 254 g/mol. The molecule has 0 aliphatic heterocycles. The molecule has 0 radical (unpaired) electrons. The Bertz CT molecular complexity index is 567. The highest BCUT2D eigenvalue weighted by Crippen LogP contribution is 2.13. The Balaban J connectivity index is 1.97. The lowest BCUT2D eigenvalue weighted by molar-refractivity contribution is 0.0511. The fourth-order valence-corrected chi connectivity index (χ4v) is 1.69. The molecule has 0 saturated carbocycles. The predicted molar refractivity (Wildman–Crippen MR) is 76.5 cm³/mol. The molecule has 0 aliphatic rings. The molecule has 2 aromatic carbocycles. The van der Waals surface area contributed by atoms with Crippen LogP contribution in [0, 0.1) is 0 Å². The lowest BCUT2D eigenvalue weighted by Crippen LogP contribution is -2.05. The Labute approximate surface area is 117 Å². The molecule has 4 heteroatoms. The zero-order chi connectivity index (χ0) is 14.2. The van der Waals surface area contributed by atoms with E-state index >= 15 is 0 Å². The van der Waals surface area contributed by atoms with Crippen LogP contribution in [-0.4, -0.2) is 19.3 Å². The van der Waals surface area contributed by atoms with Crippen molar-refractivity contribution >= 4 is 12.2 Å². The molecule has 0 aromatic heterocycles. The van der Waals surface area contributed by atoms with Crippen LogP contribution in [0.3, 0.4) is 0 Å². The van der Waals surface area contributed by atoms with Crippen LogP contribution < -0.4 is 0 Å². The van der Waals surface area contributed by atoms with Gasteiger partial charge in [-0.15, -0.1) is 0 Å². The smallest absolute Gasteiger partial charge is 0.365 e. The molecule has 20 heavy (non-hydrogen) atoms. The van der Waals surface area contributed by atoms with Gasteiger partial charge in [0.25, 0.3) is 0 Å². The zero-order valence-electron chi connectivity index (χ0n) is 11.1. The minimum absolute atomic E-state index is 0.347. The molecular formula is C16H15NO3. The first kappa shape index (κ1) is 14.0. The van der Waals surface area contributed by atoms with Crippen molar-refractivity contribution in [1.82, 2.24) is 0 Å². The van der Waals surface area contributed by atoms with Gasteiger partial charge >= 0.3 is 5.97 Å². The first-order valence-corrected chi connectivity index (χ1v) is 6.19. The maximum absolute atomic E-state index is 11.7. The number of hydrogen-bond acceptors (Lipinski definition) is 4. The van der Waals surface area contributed by atoms with Gasteiger partial charge in [-0.1, -0.05) is 53.7 Å². The summed E-state index contributed by atoms with van der Waals surface area (Å²) in [5, 5.41) is 3.70. The fraction of sp³-hybridized carbons (Fsp3) is 0.125. The third-order valence-electron chi connectivity index (χ3n) is 2.72. The van der Waals surface area contributed by atoms with Gasteiger partial charge in [-0.25, -0.2) is 4.79 Å². The molecule has 102 valence electrons. The summed E-state index contributed by atoms with van der Waals surface area (Å²) < 4.78 is 5.28. The Hall–Kier alpha value is -2.46. The van der Waals surface area contributed by atoms with Gasteiger partial charge in [-0.05, 0) is 17.7 Å². The molecule has 0 N–H and O–H groups in total. The first-order chi connectivity index (χ1) is 9.81. The van der Waals surface area contributed by atoms with Crippen molar-refractivity contribution in [1.29, 1.82) is 0 Å². The summed E-state index contributed by atoms with van der Waals surface area (Å²) in [4.78, 5) is 16.5. The van der Waals surface area contributed by atoms with Crippen molar-refractivity contribution in [3.05, 3.63) is 71.8 Å². The van der Waals surface area contributed by atoms with E-state index in [-0.39, 0.29) is 6.10 Å². The molecule has 0 aliphatic carbocycles. The van der Waals surface area contributed by atoms with Crippen LogP contribution in [0.2, 0.25) is 0 Å². The lowest BCUT2D eigenvalue weighted by atomic mass is 10.1. The van der Waals surface area contributed by atoms with Crippen molar-refractivity contribution < 1.29 is 14.4 Å². The molecule has 0 amide bonds. The number of nitrogens with zero attached hydrogens (tertiary/aromatic N) is 1. The molecule has 0 saturated heterocycles. The van der Waals surface area contributed by atoms with Crippen LogP contribution in [0.15, 0.2) is 65.8 Å². The second-order valence-corrected chi connectivity index (χ2v) is 4.07. The second kappa shape index (κ2) is 7.21. The number of benzene rings is 2. The summed E-state index contributed by atoms with van der Waals surface area (Å²) in [6.45, 7) is 0. The second-order valence-electron chi connectivity index (χ2n) is 4.07. The first-order valence-electron chi connectivity index (χ1n) is 6.19. The molecule has 0 bridgehead atoms. The van der Waals surface area contributed by atoms with E-state index < -0.39 is 5.97 Å². The van der Waals surface area contributed by atoms with E-state index in [1.54, 1.807) is 31.4 Å². The van der Waals surface area contributed by atoms with E-state index in [2.05, 4.69) is 5.16 Å². The van der Waals surface area contributed by atoms with Gasteiger partial charge in [0.05, 0.1) is 11.8 Å². The van der Waals surface area contributed by atoms with Gasteiger partial charge in [-0.3, -0.25) is 0 Å². The summed E-state index contributed by atoms with van der Waals surface area (Å²) in [7, 11) is 1.57. The van der Waals surface area contributed by atoms with Crippen molar-refractivity contribution in [3.8, 4) is 0 Å². The van der Waals surface area contributed by atoms with Crippen LogP contribution in [-0.2, 0) is 9.57 Å². The number of carbonyl (C=O) groups excluding carboxylic acids is 1. The van der Waals surface area contributed by atoms with Gasteiger partial charge in [-0.2, -0.15) is 0 Å². The van der Waals surface area contributed by atoms with Gasteiger partial charge in [0.2, 0.25) is 0 Å². The summed E-state index contributed by atoms with van der Waals surface area (Å²) in [5.74, 6) is -0.496. The molecule has 1 unspecified atom stereocenters. The third kappa shape index (κ3) is 3.76. The van der Waals surface area contributed by atoms with E-state index in [9.17, 15) is 4.79 Å². The van der Waals surface area contributed by atoms with Crippen molar-refractivity contribution in [2.75, 3.05) is 7.11 Å². The lowest BCUT2D eigenvalue weighted by Gasteiger charge is -2.09. The Kier molecular flexibility index (Phi) is 5.03. The van der Waals surface area contributed by atoms with E-state index in [0.29, 0.717) is 5.56 Å².